The zero-order valence-corrected chi connectivity index (χ0v) is 24.6. The van der Waals surface area contributed by atoms with E-state index in [0.29, 0.717) is 39.6 Å². The number of anilines is 1. The summed E-state index contributed by atoms with van der Waals surface area (Å²) in [6.45, 7) is 5.47. The van der Waals surface area contributed by atoms with Crippen molar-refractivity contribution in [1.29, 1.82) is 0 Å². The first-order valence-corrected chi connectivity index (χ1v) is 14.3. The first kappa shape index (κ1) is 29.0. The summed E-state index contributed by atoms with van der Waals surface area (Å²) in [7, 11) is 1.62. The van der Waals surface area contributed by atoms with Crippen molar-refractivity contribution < 1.29 is 14.6 Å². The van der Waals surface area contributed by atoms with Crippen molar-refractivity contribution >= 4 is 34.8 Å². The number of ether oxygens (including phenoxy) is 1. The molecule has 1 unspecified atom stereocenters. The van der Waals surface area contributed by atoms with Crippen LogP contribution in [0.5, 0.6) is 5.75 Å². The second kappa shape index (κ2) is 13.0. The van der Waals surface area contributed by atoms with Crippen LogP contribution >= 0.6 is 23.2 Å². The van der Waals surface area contributed by atoms with Gasteiger partial charge < -0.3 is 20.1 Å². The Hall–Kier alpha value is -3.56. The van der Waals surface area contributed by atoms with Crippen molar-refractivity contribution in [3.63, 3.8) is 0 Å². The molecule has 1 aliphatic heterocycles. The molecule has 10 heteroatoms. The molecule has 41 heavy (non-hydrogen) atoms. The highest BCUT2D eigenvalue weighted by molar-refractivity contribution is 6.43. The molecular weight excluding hydrogens is 561 g/mol. The quantitative estimate of drug-likeness (QED) is 0.282. The van der Waals surface area contributed by atoms with Gasteiger partial charge in [0.2, 0.25) is 0 Å². The second-order valence-electron chi connectivity index (χ2n) is 9.97. The molecule has 1 amide bonds. The number of hydrogen-bond donors (Lipinski definition) is 2. The molecule has 2 N–H and O–H groups in total. The second-order valence-corrected chi connectivity index (χ2v) is 10.8. The van der Waals surface area contributed by atoms with E-state index in [9.17, 15) is 9.90 Å². The number of para-hydroxylation sites is 2. The van der Waals surface area contributed by atoms with Gasteiger partial charge in [0, 0.05) is 44.8 Å². The number of rotatable bonds is 9. The Bertz CT molecular complexity index is 1500. The van der Waals surface area contributed by atoms with Gasteiger partial charge in [0.25, 0.3) is 5.91 Å². The van der Waals surface area contributed by atoms with Crippen molar-refractivity contribution in [3.8, 4) is 22.8 Å². The van der Waals surface area contributed by atoms with Crippen LogP contribution in [0.15, 0.2) is 72.8 Å². The van der Waals surface area contributed by atoms with Crippen molar-refractivity contribution in [2.75, 3.05) is 51.3 Å². The molecule has 2 heterocycles. The molecule has 8 nitrogen and oxygen atoms in total. The molecule has 0 aliphatic carbocycles. The zero-order valence-electron chi connectivity index (χ0n) is 23.1. The van der Waals surface area contributed by atoms with Crippen LogP contribution in [0.1, 0.15) is 16.2 Å². The van der Waals surface area contributed by atoms with E-state index in [4.69, 9.17) is 32.9 Å². The Morgan fingerprint density at radius 3 is 2.39 bits per heavy atom. The summed E-state index contributed by atoms with van der Waals surface area (Å²) >= 11 is 12.6. The Morgan fingerprint density at radius 2 is 1.66 bits per heavy atom. The van der Waals surface area contributed by atoms with Crippen molar-refractivity contribution in [1.82, 2.24) is 19.8 Å². The minimum absolute atomic E-state index is 0.112. The van der Waals surface area contributed by atoms with E-state index in [1.54, 1.807) is 13.2 Å². The molecule has 214 valence electrons. The van der Waals surface area contributed by atoms with Gasteiger partial charge in [-0.15, -0.1) is 0 Å². The van der Waals surface area contributed by atoms with Crippen LogP contribution in [0.3, 0.4) is 0 Å². The maximum absolute atomic E-state index is 13.3. The molecule has 1 aliphatic rings. The standard InChI is InChI=1S/C31H33Cl2N5O3/c1-21-29(35-30(22-9-4-3-5-10-22)38(21)25-12-6-7-14-27(25)41-2)31(40)34-19-23(39)20-36-15-17-37(18-16-36)26-13-8-11-24(32)28(26)33/h3-14,23,39H,15-20H2,1-2H3,(H,34,40). The molecule has 1 saturated heterocycles. The molecular formula is C31H33Cl2N5O3. The highest BCUT2D eigenvalue weighted by atomic mass is 35.5. The highest BCUT2D eigenvalue weighted by Crippen LogP contribution is 2.33. The number of nitrogens with zero attached hydrogens (tertiary/aromatic N) is 4. The Morgan fingerprint density at radius 1 is 0.976 bits per heavy atom. The van der Waals surface area contributed by atoms with Crippen molar-refractivity contribution in [2.45, 2.75) is 13.0 Å². The van der Waals surface area contributed by atoms with Gasteiger partial charge in [-0.25, -0.2) is 4.98 Å². The van der Waals surface area contributed by atoms with Crippen molar-refractivity contribution in [3.05, 3.63) is 94.2 Å². The molecule has 3 aromatic carbocycles. The SMILES string of the molecule is COc1ccccc1-n1c(-c2ccccc2)nc(C(=O)NCC(O)CN2CCN(c3cccc(Cl)c3Cl)CC2)c1C. The topological polar surface area (TPSA) is 82.9 Å². The van der Waals surface area contributed by atoms with Gasteiger partial charge in [0.15, 0.2) is 0 Å². The van der Waals surface area contributed by atoms with Gasteiger partial charge in [-0.05, 0) is 31.2 Å². The summed E-state index contributed by atoms with van der Waals surface area (Å²) in [5.41, 5.74) is 3.56. The minimum Gasteiger partial charge on any atom is -0.495 e. The molecule has 5 rings (SSSR count). The Labute approximate surface area is 250 Å². The van der Waals surface area contributed by atoms with Crippen LogP contribution in [-0.4, -0.2) is 77.9 Å². The molecule has 1 aromatic heterocycles. The minimum atomic E-state index is -0.731. The average molecular weight is 595 g/mol. The largest absolute Gasteiger partial charge is 0.495 e. The number of carbonyl (C=O) groups excluding carboxylic acids is 1. The lowest BCUT2D eigenvalue weighted by Gasteiger charge is -2.37. The fourth-order valence-electron chi connectivity index (χ4n) is 5.17. The number of aliphatic hydroxyl groups excluding tert-OH is 1. The van der Waals surface area contributed by atoms with Gasteiger partial charge in [-0.1, -0.05) is 71.7 Å². The number of carbonyl (C=O) groups is 1. The molecule has 0 saturated carbocycles. The third kappa shape index (κ3) is 6.36. The van der Waals surface area contributed by atoms with Crippen LogP contribution in [-0.2, 0) is 0 Å². The van der Waals surface area contributed by atoms with E-state index in [1.165, 1.54) is 0 Å². The maximum Gasteiger partial charge on any atom is 0.271 e. The van der Waals surface area contributed by atoms with E-state index in [1.807, 2.05) is 78.2 Å². The maximum atomic E-state index is 13.3. The summed E-state index contributed by atoms with van der Waals surface area (Å²) < 4.78 is 7.54. The summed E-state index contributed by atoms with van der Waals surface area (Å²) in [5, 5.41) is 14.7. The number of β-amino-alcohol motifs (C(OH)–C–C–N with tert-alkyl or cyclic N) is 1. The predicted octanol–water partition coefficient (Wildman–Crippen LogP) is 5.08. The van der Waals surface area contributed by atoms with Crippen molar-refractivity contribution in [2.24, 2.45) is 0 Å². The number of hydrogen-bond acceptors (Lipinski definition) is 6. The number of nitrogens with one attached hydrogen (secondary N) is 1. The van der Waals surface area contributed by atoms with Crippen LogP contribution in [0, 0.1) is 6.92 Å². The van der Waals surface area contributed by atoms with E-state index in [2.05, 4.69) is 15.1 Å². The first-order valence-electron chi connectivity index (χ1n) is 13.5. The van der Waals surface area contributed by atoms with Crippen LogP contribution in [0.2, 0.25) is 10.0 Å². The fraction of sp³-hybridized carbons (Fsp3) is 0.290. The number of benzene rings is 3. The van der Waals surface area contributed by atoms with Crippen LogP contribution < -0.4 is 15.0 Å². The number of aliphatic hydroxyl groups is 1. The monoisotopic (exact) mass is 593 g/mol. The van der Waals surface area contributed by atoms with E-state index in [0.717, 1.165) is 43.1 Å². The van der Waals surface area contributed by atoms with Gasteiger partial charge in [-0.2, -0.15) is 0 Å². The number of imidazole rings is 1. The van der Waals surface area contributed by atoms with E-state index < -0.39 is 6.10 Å². The normalized spacial score (nSPS) is 14.6. The predicted molar refractivity (Wildman–Crippen MR) is 164 cm³/mol. The number of piperazine rings is 1. The third-order valence-electron chi connectivity index (χ3n) is 7.29. The molecule has 0 bridgehead atoms. The number of aromatic nitrogens is 2. The summed E-state index contributed by atoms with van der Waals surface area (Å²) in [6.07, 6.45) is -0.731. The lowest BCUT2D eigenvalue weighted by molar-refractivity contribution is 0.0847. The lowest BCUT2D eigenvalue weighted by atomic mass is 10.2. The number of methoxy groups -OCH3 is 1. The number of halogens is 2. The lowest BCUT2D eigenvalue weighted by Crippen LogP contribution is -2.50. The summed E-state index contributed by atoms with van der Waals surface area (Å²) in [4.78, 5) is 22.5. The van der Waals surface area contributed by atoms with E-state index in [-0.39, 0.29) is 12.5 Å². The van der Waals surface area contributed by atoms with Gasteiger partial charge >= 0.3 is 0 Å². The average Bonchev–Trinajstić information content (AvgIpc) is 3.35. The van der Waals surface area contributed by atoms with Crippen LogP contribution in [0.4, 0.5) is 5.69 Å². The Kier molecular flexibility index (Phi) is 9.15. The molecule has 1 fully saturated rings. The fourth-order valence-corrected chi connectivity index (χ4v) is 5.59. The Balaban J connectivity index is 1.25. The summed E-state index contributed by atoms with van der Waals surface area (Å²) in [5.74, 6) is 0.967. The van der Waals surface area contributed by atoms with E-state index >= 15 is 0 Å². The smallest absolute Gasteiger partial charge is 0.271 e. The molecule has 4 aromatic rings. The number of amides is 1. The van der Waals surface area contributed by atoms with Crippen LogP contribution in [0.25, 0.3) is 17.1 Å². The third-order valence-corrected chi connectivity index (χ3v) is 8.10. The summed E-state index contributed by atoms with van der Waals surface area (Å²) in [6, 6.07) is 23.0. The van der Waals surface area contributed by atoms with Gasteiger partial charge in [0.1, 0.15) is 17.3 Å². The van der Waals surface area contributed by atoms with Gasteiger partial charge in [-0.3, -0.25) is 14.3 Å². The first-order chi connectivity index (χ1) is 19.9. The highest BCUT2D eigenvalue weighted by Gasteiger charge is 2.25. The molecule has 0 radical (unpaired) electrons. The van der Waals surface area contributed by atoms with Gasteiger partial charge in [0.05, 0.1) is 40.3 Å². The molecule has 1 atom stereocenters. The molecule has 0 spiro atoms. The zero-order chi connectivity index (χ0) is 28.9.